The van der Waals surface area contributed by atoms with Crippen LogP contribution in [0.15, 0.2) is 86.6 Å². The number of nitrogens with zero attached hydrogens (tertiary/aromatic N) is 1. The normalized spacial score (nSPS) is 12.4. The molecule has 3 aromatic carbocycles. The maximum absolute atomic E-state index is 13.5. The molecule has 0 aliphatic heterocycles. The summed E-state index contributed by atoms with van der Waals surface area (Å²) in [4.78, 5) is 51.2. The Labute approximate surface area is 246 Å². The summed E-state index contributed by atoms with van der Waals surface area (Å²) < 4.78 is 30.9. The second-order valence-electron chi connectivity index (χ2n) is 10.3. The Bertz CT molecular complexity index is 1540. The molecule has 0 saturated heterocycles. The highest BCUT2D eigenvalue weighted by Gasteiger charge is 2.30. The van der Waals surface area contributed by atoms with Crippen LogP contribution >= 0.6 is 0 Å². The van der Waals surface area contributed by atoms with Crippen LogP contribution in [0, 0.1) is 5.92 Å². The fourth-order valence-corrected chi connectivity index (χ4v) is 5.07. The summed E-state index contributed by atoms with van der Waals surface area (Å²) in [6.45, 7) is 6.04. The van der Waals surface area contributed by atoms with Crippen LogP contribution < -0.4 is 26.3 Å². The molecule has 10 nitrogen and oxygen atoms in total. The first-order valence-electron chi connectivity index (χ1n) is 13.9. The van der Waals surface area contributed by atoms with E-state index >= 15 is 0 Å². The van der Waals surface area contributed by atoms with Gasteiger partial charge in [-0.2, -0.15) is 0 Å². The second kappa shape index (κ2) is 15.1. The highest BCUT2D eigenvalue weighted by Crippen LogP contribution is 2.21. The van der Waals surface area contributed by atoms with Crippen LogP contribution in [0.4, 0.5) is 5.69 Å². The number of anilines is 1. The maximum atomic E-state index is 13.5. The van der Waals surface area contributed by atoms with Crippen molar-refractivity contribution in [2.75, 3.05) is 18.5 Å². The van der Waals surface area contributed by atoms with Crippen LogP contribution in [0.25, 0.3) is 0 Å². The molecule has 11 heteroatoms. The van der Waals surface area contributed by atoms with E-state index in [1.54, 1.807) is 18.2 Å². The van der Waals surface area contributed by atoms with Crippen LogP contribution in [0.1, 0.15) is 45.6 Å². The number of hydrogen-bond donors (Lipinski definition) is 2. The molecule has 0 heterocycles. The molecule has 3 aromatic rings. The van der Waals surface area contributed by atoms with Gasteiger partial charge < -0.3 is 10.1 Å². The average Bonchev–Trinajstić information content (AvgIpc) is 2.99. The third kappa shape index (κ3) is 8.87. The summed E-state index contributed by atoms with van der Waals surface area (Å²) in [7, 11) is -3.90. The van der Waals surface area contributed by atoms with Gasteiger partial charge in [0, 0.05) is 18.0 Å². The van der Waals surface area contributed by atoms with Gasteiger partial charge in [0.25, 0.3) is 22.7 Å². The molecule has 0 fully saturated rings. The second-order valence-corrected chi connectivity index (χ2v) is 12.1. The van der Waals surface area contributed by atoms with E-state index in [2.05, 4.69) is 10.7 Å². The lowest BCUT2D eigenvalue weighted by atomic mass is 10.0. The van der Waals surface area contributed by atoms with Crippen molar-refractivity contribution in [1.82, 2.24) is 10.4 Å². The molecule has 0 spiro atoms. The van der Waals surface area contributed by atoms with Crippen molar-refractivity contribution in [3.05, 3.63) is 98.2 Å². The fourth-order valence-electron chi connectivity index (χ4n) is 4.08. The van der Waals surface area contributed by atoms with Crippen molar-refractivity contribution in [3.8, 4) is 5.75 Å². The average molecular weight is 596 g/mol. The Morgan fingerprint density at radius 3 is 2.24 bits per heavy atom. The van der Waals surface area contributed by atoms with Crippen LogP contribution in [0.5, 0.6) is 5.75 Å². The first-order valence-corrected chi connectivity index (χ1v) is 15.4. The Morgan fingerprint density at radius 2 is 1.62 bits per heavy atom. The molecule has 2 amide bonds. The van der Waals surface area contributed by atoms with Crippen LogP contribution in [0.3, 0.4) is 0 Å². The van der Waals surface area contributed by atoms with E-state index in [9.17, 15) is 27.6 Å². The smallest absolute Gasteiger partial charge is 0.272 e. The number of nitrogens with one attached hydrogen (secondary N) is 2. The van der Waals surface area contributed by atoms with Gasteiger partial charge in [0.1, 0.15) is 11.7 Å². The van der Waals surface area contributed by atoms with E-state index in [0.717, 1.165) is 28.5 Å². The summed E-state index contributed by atoms with van der Waals surface area (Å²) in [6, 6.07) is 16.0. The summed E-state index contributed by atoms with van der Waals surface area (Å²) >= 11 is 0. The summed E-state index contributed by atoms with van der Waals surface area (Å²) in [5, 5.41) is 4.71. The van der Waals surface area contributed by atoms with Gasteiger partial charge in [-0.15, -0.1) is 0 Å². The molecule has 0 aromatic heterocycles. The van der Waals surface area contributed by atoms with Gasteiger partial charge in [-0.05, 0) is 42.9 Å². The number of rotatable bonds is 15. The molecule has 0 radical (unpaired) electrons. The number of unbranched alkanes of at least 4 members (excludes halogenated alkanes) is 1. The van der Waals surface area contributed by atoms with E-state index in [1.807, 2.05) is 51.1 Å². The molecule has 42 heavy (non-hydrogen) atoms. The van der Waals surface area contributed by atoms with E-state index in [1.165, 1.54) is 12.1 Å². The number of carbonyl (C=O) groups excluding carboxylic acids is 2. The van der Waals surface area contributed by atoms with Crippen molar-refractivity contribution in [1.29, 1.82) is 0 Å². The molecule has 224 valence electrons. The van der Waals surface area contributed by atoms with Crippen molar-refractivity contribution in [3.63, 3.8) is 0 Å². The monoisotopic (exact) mass is 595 g/mol. The minimum Gasteiger partial charge on any atom is -0.487 e. The van der Waals surface area contributed by atoms with E-state index in [0.29, 0.717) is 12.8 Å². The standard InChI is InChI=1S/C31H37N3O7S/c1-4-5-19-41-30-27(28(36)29(30)37)32-25(21-22(2)3)31(38)33-34(18-16-23-12-8-6-9-13-23)26(35)17-20-42(39,40)24-14-10-7-11-15-24/h6-15,17,20,22,25,32H,4-5,16,18-19,21H2,1-3H3,(H,33,38)/b20-17+/t25-/m0/s1. The van der Waals surface area contributed by atoms with Gasteiger partial charge in [-0.1, -0.05) is 75.7 Å². The lowest BCUT2D eigenvalue weighted by Gasteiger charge is -2.27. The summed E-state index contributed by atoms with van der Waals surface area (Å²) in [5.41, 5.74) is 1.91. The Morgan fingerprint density at radius 1 is 0.976 bits per heavy atom. The zero-order valence-electron chi connectivity index (χ0n) is 24.0. The highest BCUT2D eigenvalue weighted by molar-refractivity contribution is 7.94. The first kappa shape index (κ1) is 32.3. The van der Waals surface area contributed by atoms with Crippen molar-refractivity contribution >= 4 is 27.3 Å². The molecule has 2 N–H and O–H groups in total. The summed E-state index contributed by atoms with van der Waals surface area (Å²) in [6.07, 6.45) is 3.08. The topological polar surface area (TPSA) is 139 Å². The van der Waals surface area contributed by atoms with Gasteiger partial charge in [-0.25, -0.2) is 8.42 Å². The fraction of sp³-hybridized carbons (Fsp3) is 0.355. The molecule has 3 rings (SSSR count). The lowest BCUT2D eigenvalue weighted by Crippen LogP contribution is -2.53. The van der Waals surface area contributed by atoms with Crippen molar-refractivity contribution in [2.45, 2.75) is 57.4 Å². The Hall–Kier alpha value is -4.25. The van der Waals surface area contributed by atoms with Crippen molar-refractivity contribution < 1.29 is 22.7 Å². The molecule has 0 unspecified atom stereocenters. The highest BCUT2D eigenvalue weighted by atomic mass is 32.2. The minimum absolute atomic E-state index is 0.00794. The van der Waals surface area contributed by atoms with Crippen LogP contribution in [0.2, 0.25) is 0 Å². The lowest BCUT2D eigenvalue weighted by molar-refractivity contribution is -0.138. The number of hydrogen-bond acceptors (Lipinski definition) is 8. The number of hydrazine groups is 1. The van der Waals surface area contributed by atoms with E-state index in [-0.39, 0.29) is 41.8 Å². The zero-order valence-corrected chi connectivity index (χ0v) is 24.9. The number of carbonyl (C=O) groups is 2. The maximum Gasteiger partial charge on any atom is 0.272 e. The van der Waals surface area contributed by atoms with Crippen LogP contribution in [-0.2, 0) is 25.8 Å². The number of benzene rings is 2. The molecule has 0 aliphatic carbocycles. The van der Waals surface area contributed by atoms with Crippen LogP contribution in [-0.4, -0.2) is 44.4 Å². The van der Waals surface area contributed by atoms with Crippen molar-refractivity contribution in [2.24, 2.45) is 5.92 Å². The quantitative estimate of drug-likeness (QED) is 0.118. The number of amides is 2. The SMILES string of the molecule is CCCCOc1c(N[C@@H](CC(C)C)C(=O)NN(CCc2ccccc2)C(=O)/C=C/S(=O)(=O)c2ccccc2)c(=O)c1=O. The third-order valence-electron chi connectivity index (χ3n) is 6.39. The molecule has 0 bridgehead atoms. The summed E-state index contributed by atoms with van der Waals surface area (Å²) in [5.74, 6) is -1.47. The Kier molecular flexibility index (Phi) is 11.6. The zero-order chi connectivity index (χ0) is 30.7. The minimum atomic E-state index is -3.90. The predicted octanol–water partition coefficient (Wildman–Crippen LogP) is 3.38. The van der Waals surface area contributed by atoms with E-state index in [4.69, 9.17) is 4.74 Å². The molecular weight excluding hydrogens is 558 g/mol. The van der Waals surface area contributed by atoms with Gasteiger partial charge in [-0.3, -0.25) is 29.6 Å². The largest absolute Gasteiger partial charge is 0.487 e. The predicted molar refractivity (Wildman–Crippen MR) is 161 cm³/mol. The van der Waals surface area contributed by atoms with Gasteiger partial charge in [0.05, 0.1) is 11.5 Å². The third-order valence-corrected chi connectivity index (χ3v) is 7.82. The Balaban J connectivity index is 1.82. The van der Waals surface area contributed by atoms with Gasteiger partial charge >= 0.3 is 0 Å². The van der Waals surface area contributed by atoms with E-state index < -0.39 is 38.6 Å². The number of sulfone groups is 1. The number of ether oxygens (including phenoxy) is 1. The molecule has 1 atom stereocenters. The van der Waals surface area contributed by atoms with Gasteiger partial charge in [0.2, 0.25) is 0 Å². The van der Waals surface area contributed by atoms with Gasteiger partial charge in [0.15, 0.2) is 15.6 Å². The molecule has 0 aliphatic rings. The molecule has 0 saturated carbocycles. The first-order chi connectivity index (χ1) is 20.0. The molecular formula is C31H37N3O7S.